The van der Waals surface area contributed by atoms with E-state index < -0.39 is 5.60 Å². The van der Waals surface area contributed by atoms with Crippen molar-refractivity contribution in [2.24, 2.45) is 0 Å². The molecule has 7 rings (SSSR count). The quantitative estimate of drug-likeness (QED) is 0.539. The van der Waals surface area contributed by atoms with Gasteiger partial charge in [0.2, 0.25) is 0 Å². The van der Waals surface area contributed by atoms with E-state index in [4.69, 9.17) is 19.3 Å². The van der Waals surface area contributed by atoms with Gasteiger partial charge in [0.15, 0.2) is 5.82 Å². The molecular formula is C27H34N6O4. The van der Waals surface area contributed by atoms with Crippen LogP contribution in [0.15, 0.2) is 24.4 Å². The summed E-state index contributed by atoms with van der Waals surface area (Å²) in [5, 5.41) is 15.7. The van der Waals surface area contributed by atoms with Crippen molar-refractivity contribution < 1.29 is 19.3 Å². The van der Waals surface area contributed by atoms with E-state index in [2.05, 4.69) is 38.8 Å². The van der Waals surface area contributed by atoms with Crippen LogP contribution in [0.1, 0.15) is 36.3 Å². The summed E-state index contributed by atoms with van der Waals surface area (Å²) in [6.45, 7) is 7.41. The van der Waals surface area contributed by atoms with Crippen LogP contribution in [0.5, 0.6) is 6.01 Å². The first kappa shape index (κ1) is 23.3. The maximum absolute atomic E-state index is 9.91. The summed E-state index contributed by atoms with van der Waals surface area (Å²) < 4.78 is 18.7. The van der Waals surface area contributed by atoms with Crippen LogP contribution < -0.4 is 9.64 Å². The maximum Gasteiger partial charge on any atom is 0.320 e. The normalized spacial score (nSPS) is 26.8. The highest BCUT2D eigenvalue weighted by atomic mass is 16.5. The Morgan fingerprint density at radius 1 is 1.08 bits per heavy atom. The second-order valence-corrected chi connectivity index (χ2v) is 11.0. The minimum absolute atomic E-state index is 0.00829. The number of anilines is 1. The van der Waals surface area contributed by atoms with Crippen LogP contribution in [0.25, 0.3) is 16.7 Å². The number of hydrogen-bond acceptors (Lipinski definition) is 9. The first-order chi connectivity index (χ1) is 18.1. The molecule has 2 atom stereocenters. The number of hydrogen-bond donors (Lipinski definition) is 1. The number of methoxy groups -OCH3 is 1. The summed E-state index contributed by atoms with van der Waals surface area (Å²) in [4.78, 5) is 14.1. The van der Waals surface area contributed by atoms with Gasteiger partial charge in [-0.05, 0) is 62.0 Å². The summed E-state index contributed by atoms with van der Waals surface area (Å²) in [7, 11) is 1.59. The van der Waals surface area contributed by atoms with Crippen molar-refractivity contribution in [3.05, 3.63) is 35.5 Å². The molecule has 4 saturated heterocycles. The van der Waals surface area contributed by atoms with Crippen molar-refractivity contribution in [2.45, 2.75) is 49.8 Å². The first-order valence-electron chi connectivity index (χ1n) is 13.3. The number of aliphatic hydroxyl groups excluding tert-OH is 1. The smallest absolute Gasteiger partial charge is 0.320 e. The number of aryl methyl sites for hydroxylation is 1. The number of morpholine rings is 1. The molecule has 0 radical (unpaired) electrons. The second kappa shape index (κ2) is 8.90. The van der Waals surface area contributed by atoms with E-state index in [0.717, 1.165) is 62.3 Å². The summed E-state index contributed by atoms with van der Waals surface area (Å²) in [6, 6.07) is 7.63. The molecule has 3 aromatic rings. The standard InChI is InChI=1S/C27H34N6O4/c1-17-7-19-11-28-33(23(19)8-22(17)18-3-5-31(6-4-18)21-12-36-13-21)25-9-24(29-26(30-25)35-2)32-15-27(16-34)10-20(32)14-37-27/h7-9,11,18,20-21,34H,3-6,10,12-16H2,1-2H3. The Hall–Kier alpha value is -2.79. The van der Waals surface area contributed by atoms with Crippen LogP contribution in [-0.2, 0) is 9.47 Å². The highest BCUT2D eigenvalue weighted by molar-refractivity contribution is 5.82. The van der Waals surface area contributed by atoms with Crippen molar-refractivity contribution in [1.82, 2.24) is 24.6 Å². The molecule has 10 nitrogen and oxygen atoms in total. The summed E-state index contributed by atoms with van der Waals surface area (Å²) in [5.74, 6) is 1.98. The van der Waals surface area contributed by atoms with Gasteiger partial charge in [-0.15, -0.1) is 0 Å². The van der Waals surface area contributed by atoms with Crippen molar-refractivity contribution in [3.8, 4) is 11.8 Å². The van der Waals surface area contributed by atoms with Crippen molar-refractivity contribution in [3.63, 3.8) is 0 Å². The van der Waals surface area contributed by atoms with Gasteiger partial charge in [0.05, 0.1) is 63.9 Å². The average molecular weight is 507 g/mol. The van der Waals surface area contributed by atoms with Crippen LogP contribution in [0.2, 0.25) is 0 Å². The Labute approximate surface area is 216 Å². The molecule has 1 aromatic carbocycles. The van der Waals surface area contributed by atoms with Gasteiger partial charge in [-0.2, -0.15) is 15.1 Å². The van der Waals surface area contributed by atoms with Crippen molar-refractivity contribution >= 4 is 16.7 Å². The molecule has 4 fully saturated rings. The number of likely N-dealkylation sites (tertiary alicyclic amines) is 1. The molecule has 6 heterocycles. The molecule has 196 valence electrons. The fourth-order valence-corrected chi connectivity index (χ4v) is 6.58. The zero-order valence-electron chi connectivity index (χ0n) is 21.5. The Kier molecular flexibility index (Phi) is 5.62. The highest BCUT2D eigenvalue weighted by Crippen LogP contribution is 2.40. The molecule has 37 heavy (non-hydrogen) atoms. The third-order valence-corrected chi connectivity index (χ3v) is 8.81. The molecule has 0 saturated carbocycles. The van der Waals surface area contributed by atoms with Crippen LogP contribution in [0, 0.1) is 6.92 Å². The van der Waals surface area contributed by atoms with Gasteiger partial charge in [0, 0.05) is 17.9 Å². The van der Waals surface area contributed by atoms with E-state index in [-0.39, 0.29) is 12.6 Å². The molecule has 0 aliphatic carbocycles. The zero-order chi connectivity index (χ0) is 25.1. The van der Waals surface area contributed by atoms with Gasteiger partial charge < -0.3 is 24.2 Å². The lowest BCUT2D eigenvalue weighted by molar-refractivity contribution is -0.0712. The van der Waals surface area contributed by atoms with Gasteiger partial charge in [-0.3, -0.25) is 4.90 Å². The maximum atomic E-state index is 9.91. The lowest BCUT2D eigenvalue weighted by Crippen LogP contribution is -2.51. The highest BCUT2D eigenvalue weighted by Gasteiger charge is 2.51. The molecule has 2 aromatic heterocycles. The summed E-state index contributed by atoms with van der Waals surface area (Å²) in [6.07, 6.45) is 5.03. The molecule has 1 N–H and O–H groups in total. The van der Waals surface area contributed by atoms with Crippen molar-refractivity contribution in [1.29, 1.82) is 0 Å². The number of aliphatic hydroxyl groups is 1. The van der Waals surface area contributed by atoms with Gasteiger partial charge in [0.1, 0.15) is 11.4 Å². The van der Waals surface area contributed by atoms with Crippen LogP contribution in [-0.4, -0.2) is 101 Å². The third-order valence-electron chi connectivity index (χ3n) is 8.81. The minimum atomic E-state index is -0.505. The predicted octanol–water partition coefficient (Wildman–Crippen LogP) is 2.05. The van der Waals surface area contributed by atoms with E-state index in [9.17, 15) is 5.11 Å². The van der Waals surface area contributed by atoms with E-state index in [1.807, 2.05) is 16.9 Å². The topological polar surface area (TPSA) is 98.0 Å². The molecule has 4 aliphatic heterocycles. The van der Waals surface area contributed by atoms with E-state index in [0.29, 0.717) is 36.9 Å². The van der Waals surface area contributed by atoms with Crippen molar-refractivity contribution in [2.75, 3.05) is 58.1 Å². The van der Waals surface area contributed by atoms with Crippen LogP contribution in [0.4, 0.5) is 5.82 Å². The number of benzene rings is 1. The molecule has 0 amide bonds. The molecular weight excluding hydrogens is 472 g/mol. The summed E-state index contributed by atoms with van der Waals surface area (Å²) >= 11 is 0. The number of fused-ring (bicyclic) bond motifs is 3. The SMILES string of the molecule is COc1nc(N2CC3(CO)CC2CO3)cc(-n2ncc3cc(C)c(C4CCN(C5COC5)CC4)cc32)n1. The van der Waals surface area contributed by atoms with E-state index in [1.54, 1.807) is 7.11 Å². The summed E-state index contributed by atoms with van der Waals surface area (Å²) in [5.41, 5.74) is 3.26. The monoisotopic (exact) mass is 506 g/mol. The van der Waals surface area contributed by atoms with Gasteiger partial charge in [-0.1, -0.05) is 0 Å². The fraction of sp³-hybridized carbons (Fsp3) is 0.593. The Morgan fingerprint density at radius 3 is 2.59 bits per heavy atom. The molecule has 10 heteroatoms. The lowest BCUT2D eigenvalue weighted by Gasteiger charge is -2.41. The number of nitrogens with zero attached hydrogens (tertiary/aromatic N) is 6. The number of ether oxygens (including phenoxy) is 3. The Morgan fingerprint density at radius 2 is 1.89 bits per heavy atom. The second-order valence-electron chi connectivity index (χ2n) is 11.0. The first-order valence-corrected chi connectivity index (χ1v) is 13.3. The Balaban J connectivity index is 1.21. The molecule has 0 spiro atoms. The number of rotatable bonds is 6. The number of piperidine rings is 1. The molecule has 2 bridgehead atoms. The van der Waals surface area contributed by atoms with Crippen LogP contribution in [0.3, 0.4) is 0 Å². The largest absolute Gasteiger partial charge is 0.467 e. The Bertz CT molecular complexity index is 1320. The minimum Gasteiger partial charge on any atom is -0.467 e. The van der Waals surface area contributed by atoms with Gasteiger partial charge >= 0.3 is 6.01 Å². The zero-order valence-corrected chi connectivity index (χ0v) is 21.5. The number of aromatic nitrogens is 4. The molecule has 2 unspecified atom stereocenters. The lowest BCUT2D eigenvalue weighted by atomic mass is 9.85. The average Bonchev–Trinajstić information content (AvgIpc) is 3.61. The molecule has 4 aliphatic rings. The predicted molar refractivity (Wildman–Crippen MR) is 138 cm³/mol. The van der Waals surface area contributed by atoms with E-state index in [1.165, 1.54) is 11.1 Å². The fourth-order valence-electron chi connectivity index (χ4n) is 6.58. The van der Waals surface area contributed by atoms with E-state index >= 15 is 0 Å². The van der Waals surface area contributed by atoms with Gasteiger partial charge in [0.25, 0.3) is 0 Å². The van der Waals surface area contributed by atoms with Crippen LogP contribution >= 0.6 is 0 Å². The van der Waals surface area contributed by atoms with Gasteiger partial charge in [-0.25, -0.2) is 4.68 Å². The third kappa shape index (κ3) is 3.89.